The maximum absolute atomic E-state index is 12.9. The molecule has 0 spiro atoms. The second-order valence-electron chi connectivity index (χ2n) is 9.97. The first-order chi connectivity index (χ1) is 17.6. The number of rotatable bonds is 8. The Morgan fingerprint density at radius 1 is 1.00 bits per heavy atom. The van der Waals surface area contributed by atoms with Crippen LogP contribution in [0.2, 0.25) is 0 Å². The first kappa shape index (κ1) is 27.7. The Kier molecular flexibility index (Phi) is 8.72. The van der Waals surface area contributed by atoms with Gasteiger partial charge in [-0.2, -0.15) is 8.78 Å². The van der Waals surface area contributed by atoms with Gasteiger partial charge in [-0.1, -0.05) is 44.7 Å². The minimum absolute atomic E-state index is 0.223. The van der Waals surface area contributed by atoms with Crippen LogP contribution < -0.4 is 15.1 Å². The van der Waals surface area contributed by atoms with Gasteiger partial charge in [0.1, 0.15) is 18.7 Å². The van der Waals surface area contributed by atoms with Gasteiger partial charge < -0.3 is 14.1 Å². The number of nitrogens with zero attached hydrogens (tertiary/aromatic N) is 3. The lowest BCUT2D eigenvalue weighted by Gasteiger charge is -2.47. The molecule has 1 fully saturated rings. The third kappa shape index (κ3) is 6.08. The van der Waals surface area contributed by atoms with E-state index >= 15 is 0 Å². The maximum atomic E-state index is 12.9. The fourth-order valence-electron chi connectivity index (χ4n) is 4.83. The number of furan rings is 1. The lowest BCUT2D eigenvalue weighted by atomic mass is 10.2. The standard InChI is InChI=1S/C28H36F2N3O2PS/c1-6-34-25-10-8-7-9-24(25)32-17-19-33(20-18-32)36(28(3,4)5,26-16-11-21(2)35-26)31-22-12-14-23(15-13-22)37-27(29)30/h7-16,27H,6,17-20H2,1-5H3/t36-/m0/s1. The molecule has 5 nitrogen and oxygen atoms in total. The second-order valence-corrected chi connectivity index (χ2v) is 14.8. The summed E-state index contributed by atoms with van der Waals surface area (Å²) in [6.45, 7) is 14.5. The van der Waals surface area contributed by atoms with Gasteiger partial charge in [0.25, 0.3) is 5.76 Å². The number of hydrogen-bond donors (Lipinski definition) is 0. The normalized spacial score (nSPS) is 16.6. The van der Waals surface area contributed by atoms with Crippen molar-refractivity contribution < 1.29 is 17.9 Å². The summed E-state index contributed by atoms with van der Waals surface area (Å²) in [7, 11) is -2.42. The Bertz CT molecular complexity index is 1230. The van der Waals surface area contributed by atoms with Crippen LogP contribution in [0.3, 0.4) is 0 Å². The van der Waals surface area contributed by atoms with Gasteiger partial charge in [-0.15, -0.1) is 0 Å². The molecule has 2 aromatic carbocycles. The second kappa shape index (κ2) is 11.6. The van der Waals surface area contributed by atoms with Crippen LogP contribution in [0.4, 0.5) is 20.2 Å². The van der Waals surface area contributed by atoms with E-state index in [1.807, 2.05) is 50.2 Å². The summed E-state index contributed by atoms with van der Waals surface area (Å²) < 4.78 is 45.9. The van der Waals surface area contributed by atoms with Crippen molar-refractivity contribution in [1.82, 2.24) is 4.67 Å². The number of thioether (sulfide) groups is 1. The molecule has 2 heterocycles. The fraction of sp³-hybridized carbons (Fsp3) is 0.429. The third-order valence-corrected chi connectivity index (χ3v) is 11.6. The molecule has 37 heavy (non-hydrogen) atoms. The number of alkyl halides is 2. The Morgan fingerprint density at radius 2 is 1.68 bits per heavy atom. The SMILES string of the molecule is CCOc1ccccc1N1CCN([P@@](=Nc2ccc(SC(F)F)cc2)(c2ccc(C)o2)C(C)(C)C)CC1. The van der Waals surface area contributed by atoms with Gasteiger partial charge in [-0.05, 0) is 62.4 Å². The number of aryl methyl sites for hydroxylation is 1. The monoisotopic (exact) mass is 547 g/mol. The zero-order valence-corrected chi connectivity index (χ0v) is 23.9. The molecule has 0 bridgehead atoms. The van der Waals surface area contributed by atoms with E-state index in [2.05, 4.69) is 42.5 Å². The average Bonchev–Trinajstić information content (AvgIpc) is 3.29. The largest absolute Gasteiger partial charge is 0.492 e. The minimum Gasteiger partial charge on any atom is -0.492 e. The van der Waals surface area contributed by atoms with Gasteiger partial charge in [0.2, 0.25) is 0 Å². The van der Waals surface area contributed by atoms with Crippen LogP contribution in [0.15, 0.2) is 74.7 Å². The van der Waals surface area contributed by atoms with Gasteiger partial charge in [0, 0.05) is 36.2 Å². The van der Waals surface area contributed by atoms with Crippen molar-refractivity contribution in [2.75, 3.05) is 37.7 Å². The molecule has 0 aliphatic carbocycles. The van der Waals surface area contributed by atoms with Crippen molar-refractivity contribution in [2.24, 2.45) is 4.74 Å². The highest BCUT2D eigenvalue weighted by Crippen LogP contribution is 2.64. The van der Waals surface area contributed by atoms with E-state index in [1.54, 1.807) is 12.1 Å². The average molecular weight is 548 g/mol. The zero-order valence-electron chi connectivity index (χ0n) is 22.2. The molecule has 0 N–H and O–H groups in total. The number of anilines is 1. The van der Waals surface area contributed by atoms with E-state index in [0.29, 0.717) is 23.3 Å². The lowest BCUT2D eigenvalue weighted by molar-refractivity contribution is 0.252. The van der Waals surface area contributed by atoms with Gasteiger partial charge in [-0.3, -0.25) is 4.67 Å². The topological polar surface area (TPSA) is 41.2 Å². The molecule has 3 aromatic rings. The Morgan fingerprint density at radius 3 is 2.24 bits per heavy atom. The van der Waals surface area contributed by atoms with Crippen LogP contribution in [0.1, 0.15) is 33.5 Å². The van der Waals surface area contributed by atoms with E-state index in [0.717, 1.165) is 54.6 Å². The number of hydrogen-bond acceptors (Lipinski definition) is 5. The zero-order chi connectivity index (χ0) is 26.6. The molecule has 0 amide bonds. The summed E-state index contributed by atoms with van der Waals surface area (Å²) in [6, 6.07) is 19.4. The predicted molar refractivity (Wildman–Crippen MR) is 152 cm³/mol. The maximum Gasteiger partial charge on any atom is 0.288 e. The summed E-state index contributed by atoms with van der Waals surface area (Å²) in [6.07, 6.45) is 0. The number of para-hydroxylation sites is 2. The number of halogens is 2. The molecule has 200 valence electrons. The van der Waals surface area contributed by atoms with Crippen LogP contribution in [0.25, 0.3) is 0 Å². The van der Waals surface area contributed by atoms with Crippen molar-refractivity contribution in [1.29, 1.82) is 0 Å². The molecule has 1 aliphatic heterocycles. The molecule has 1 atom stereocenters. The van der Waals surface area contributed by atoms with Crippen LogP contribution in [0.5, 0.6) is 5.75 Å². The number of benzene rings is 2. The predicted octanol–water partition coefficient (Wildman–Crippen LogP) is 8.00. The molecule has 0 unspecified atom stereocenters. The molecule has 1 aromatic heterocycles. The highest BCUT2D eigenvalue weighted by Gasteiger charge is 2.44. The quantitative estimate of drug-likeness (QED) is 0.211. The third-order valence-electron chi connectivity index (χ3n) is 6.46. The summed E-state index contributed by atoms with van der Waals surface area (Å²) in [5.41, 5.74) is 2.79. The fourth-order valence-corrected chi connectivity index (χ4v) is 9.42. The van der Waals surface area contributed by atoms with E-state index < -0.39 is 13.0 Å². The molecular weight excluding hydrogens is 511 g/mol. The van der Waals surface area contributed by atoms with E-state index in [9.17, 15) is 8.78 Å². The Balaban J connectivity index is 1.73. The molecule has 1 aliphatic rings. The van der Waals surface area contributed by atoms with E-state index in [4.69, 9.17) is 13.9 Å². The van der Waals surface area contributed by atoms with Gasteiger partial charge in [-0.25, -0.2) is 4.74 Å². The van der Waals surface area contributed by atoms with Gasteiger partial charge >= 0.3 is 0 Å². The summed E-state index contributed by atoms with van der Waals surface area (Å²) in [5.74, 6) is -0.686. The molecule has 1 saturated heterocycles. The molecule has 9 heteroatoms. The van der Waals surface area contributed by atoms with Crippen molar-refractivity contribution in [3.8, 4) is 5.75 Å². The van der Waals surface area contributed by atoms with E-state index in [1.165, 1.54) is 0 Å². The smallest absolute Gasteiger partial charge is 0.288 e. The first-order valence-corrected chi connectivity index (χ1v) is 15.2. The molecule has 4 rings (SSSR count). The molecular formula is C28H36F2N3O2PS. The van der Waals surface area contributed by atoms with E-state index in [-0.39, 0.29) is 5.16 Å². The molecule has 0 radical (unpaired) electrons. The van der Waals surface area contributed by atoms with Crippen molar-refractivity contribution in [3.05, 3.63) is 66.4 Å². The van der Waals surface area contributed by atoms with Crippen LogP contribution in [0, 0.1) is 6.92 Å². The summed E-state index contributed by atoms with van der Waals surface area (Å²) in [4.78, 5) is 2.91. The summed E-state index contributed by atoms with van der Waals surface area (Å²) >= 11 is 0.550. The van der Waals surface area contributed by atoms with Crippen molar-refractivity contribution in [3.63, 3.8) is 0 Å². The first-order valence-electron chi connectivity index (χ1n) is 12.6. The van der Waals surface area contributed by atoms with Gasteiger partial charge in [0.15, 0.2) is 5.50 Å². The van der Waals surface area contributed by atoms with Crippen LogP contribution >= 0.6 is 19.0 Å². The van der Waals surface area contributed by atoms with Crippen LogP contribution in [-0.4, -0.2) is 48.4 Å². The lowest BCUT2D eigenvalue weighted by Crippen LogP contribution is -2.48. The van der Waals surface area contributed by atoms with Crippen molar-refractivity contribution in [2.45, 2.75) is 50.4 Å². The number of ether oxygens (including phenoxy) is 1. The van der Waals surface area contributed by atoms with Crippen molar-refractivity contribution >= 4 is 35.8 Å². The highest BCUT2D eigenvalue weighted by atomic mass is 32.2. The van der Waals surface area contributed by atoms with Crippen LogP contribution in [-0.2, 0) is 0 Å². The summed E-state index contributed by atoms with van der Waals surface area (Å²) in [5, 5.41) is -0.223. The van der Waals surface area contributed by atoms with Gasteiger partial charge in [0.05, 0.1) is 18.0 Å². The highest BCUT2D eigenvalue weighted by molar-refractivity contribution is 7.99. The minimum atomic E-state index is -2.45. The molecule has 0 saturated carbocycles. The number of piperazine rings is 1. The Hall–Kier alpha value is -2.28. The Labute approximate surface area is 223 Å².